The van der Waals surface area contributed by atoms with Gasteiger partial charge in [0.05, 0.1) is 23.7 Å². The Kier molecular flexibility index (Phi) is 7.54. The number of ether oxygens (including phenoxy) is 1. The minimum atomic E-state index is -3.60. The number of hydrogen-bond donors (Lipinski definition) is 1. The standard InChI is InChI=1S/C21H33N3O4S/c1-3-17(4-2)22-21(25)19-16-18(29(26,27)24-10-6-5-7-11-24)8-9-20(19)23-12-14-28-15-13-23/h8-9,16-17H,3-7,10-15H2,1-2H3,(H,22,25). The van der Waals surface area contributed by atoms with Crippen LogP contribution in [-0.2, 0) is 14.8 Å². The Balaban J connectivity index is 1.96. The highest BCUT2D eigenvalue weighted by atomic mass is 32.2. The molecule has 0 spiro atoms. The molecule has 8 heteroatoms. The summed E-state index contributed by atoms with van der Waals surface area (Å²) in [6, 6.07) is 5.06. The molecule has 1 N–H and O–H groups in total. The van der Waals surface area contributed by atoms with E-state index in [2.05, 4.69) is 10.2 Å². The van der Waals surface area contributed by atoms with Crippen molar-refractivity contribution in [3.05, 3.63) is 23.8 Å². The van der Waals surface area contributed by atoms with Gasteiger partial charge >= 0.3 is 0 Å². The summed E-state index contributed by atoms with van der Waals surface area (Å²) in [7, 11) is -3.60. The van der Waals surface area contributed by atoms with Gasteiger partial charge in [-0.25, -0.2) is 8.42 Å². The summed E-state index contributed by atoms with van der Waals surface area (Å²) in [4.78, 5) is 15.4. The molecule has 2 aliphatic rings. The number of amides is 1. The molecular weight excluding hydrogens is 390 g/mol. The van der Waals surface area contributed by atoms with E-state index >= 15 is 0 Å². The topological polar surface area (TPSA) is 79.0 Å². The Morgan fingerprint density at radius 3 is 2.34 bits per heavy atom. The molecule has 0 unspecified atom stereocenters. The van der Waals surface area contributed by atoms with Gasteiger partial charge in [0.15, 0.2) is 0 Å². The molecule has 3 rings (SSSR count). The lowest BCUT2D eigenvalue weighted by molar-refractivity contribution is 0.0933. The summed E-state index contributed by atoms with van der Waals surface area (Å²) in [5.74, 6) is -0.212. The van der Waals surface area contributed by atoms with Crippen molar-refractivity contribution in [2.75, 3.05) is 44.3 Å². The SMILES string of the molecule is CCC(CC)NC(=O)c1cc(S(=O)(=O)N2CCCCC2)ccc1N1CCOCC1. The van der Waals surface area contributed by atoms with E-state index in [1.165, 1.54) is 0 Å². The Bertz CT molecular complexity index is 796. The van der Waals surface area contributed by atoms with Gasteiger partial charge in [0.2, 0.25) is 10.0 Å². The van der Waals surface area contributed by atoms with Crippen LogP contribution in [0.15, 0.2) is 23.1 Å². The van der Waals surface area contributed by atoms with Crippen molar-refractivity contribution in [2.45, 2.75) is 56.9 Å². The van der Waals surface area contributed by atoms with Crippen molar-refractivity contribution in [3.63, 3.8) is 0 Å². The molecule has 0 atom stereocenters. The van der Waals surface area contributed by atoms with Gasteiger partial charge < -0.3 is 15.0 Å². The predicted molar refractivity (Wildman–Crippen MR) is 114 cm³/mol. The van der Waals surface area contributed by atoms with Crippen LogP contribution in [0, 0.1) is 0 Å². The van der Waals surface area contributed by atoms with Crippen molar-refractivity contribution in [1.29, 1.82) is 0 Å². The van der Waals surface area contributed by atoms with Crippen LogP contribution in [-0.4, -0.2) is 64.1 Å². The van der Waals surface area contributed by atoms with Crippen LogP contribution >= 0.6 is 0 Å². The van der Waals surface area contributed by atoms with Crippen LogP contribution in [0.5, 0.6) is 0 Å². The van der Waals surface area contributed by atoms with E-state index in [9.17, 15) is 13.2 Å². The number of nitrogens with one attached hydrogen (secondary N) is 1. The molecule has 2 fully saturated rings. The largest absolute Gasteiger partial charge is 0.378 e. The molecule has 1 aromatic carbocycles. The Morgan fingerprint density at radius 2 is 1.72 bits per heavy atom. The third-order valence-corrected chi connectivity index (χ3v) is 7.73. The minimum Gasteiger partial charge on any atom is -0.378 e. The molecule has 162 valence electrons. The molecule has 2 heterocycles. The predicted octanol–water partition coefficient (Wildman–Crippen LogP) is 2.62. The molecule has 0 saturated carbocycles. The average molecular weight is 424 g/mol. The van der Waals surface area contributed by atoms with Gasteiger partial charge in [-0.05, 0) is 43.9 Å². The second-order valence-electron chi connectivity index (χ2n) is 7.73. The molecule has 1 aromatic rings. The van der Waals surface area contributed by atoms with E-state index in [4.69, 9.17) is 4.74 Å². The van der Waals surface area contributed by atoms with Gasteiger partial charge in [0, 0.05) is 37.9 Å². The van der Waals surface area contributed by atoms with Gasteiger partial charge in [0.25, 0.3) is 5.91 Å². The number of carbonyl (C=O) groups excluding carboxylic acids is 1. The lowest BCUT2D eigenvalue weighted by Crippen LogP contribution is -2.40. The lowest BCUT2D eigenvalue weighted by atomic mass is 10.1. The summed E-state index contributed by atoms with van der Waals surface area (Å²) >= 11 is 0. The fraction of sp³-hybridized carbons (Fsp3) is 0.667. The van der Waals surface area contributed by atoms with Crippen LogP contribution in [0.4, 0.5) is 5.69 Å². The fourth-order valence-corrected chi connectivity index (χ4v) is 5.49. The van der Waals surface area contributed by atoms with Gasteiger partial charge in [-0.3, -0.25) is 4.79 Å². The van der Waals surface area contributed by atoms with Crippen molar-refractivity contribution < 1.29 is 17.9 Å². The van der Waals surface area contributed by atoms with E-state index in [1.54, 1.807) is 22.5 Å². The molecule has 1 amide bonds. The number of morpholine rings is 1. The third-order valence-electron chi connectivity index (χ3n) is 5.84. The molecular formula is C21H33N3O4S. The molecule has 0 aromatic heterocycles. The van der Waals surface area contributed by atoms with Crippen LogP contribution in [0.2, 0.25) is 0 Å². The Labute approximate surface area is 174 Å². The number of piperidine rings is 1. The quantitative estimate of drug-likeness (QED) is 0.729. The smallest absolute Gasteiger partial charge is 0.253 e. The number of benzene rings is 1. The zero-order chi connectivity index (χ0) is 20.9. The molecule has 0 bridgehead atoms. The van der Waals surface area contributed by atoms with Gasteiger partial charge in [-0.2, -0.15) is 4.31 Å². The normalized spacial score (nSPS) is 18.8. The second kappa shape index (κ2) is 9.91. The highest BCUT2D eigenvalue weighted by Gasteiger charge is 2.29. The number of rotatable bonds is 7. The molecule has 29 heavy (non-hydrogen) atoms. The number of carbonyl (C=O) groups is 1. The first-order valence-electron chi connectivity index (χ1n) is 10.7. The van der Waals surface area contributed by atoms with E-state index < -0.39 is 10.0 Å². The first-order chi connectivity index (χ1) is 14.0. The zero-order valence-electron chi connectivity index (χ0n) is 17.5. The van der Waals surface area contributed by atoms with Gasteiger partial charge in [-0.15, -0.1) is 0 Å². The first-order valence-corrected chi connectivity index (χ1v) is 12.2. The lowest BCUT2D eigenvalue weighted by Gasteiger charge is -2.31. The first kappa shape index (κ1) is 22.1. The average Bonchev–Trinajstić information content (AvgIpc) is 2.78. The minimum absolute atomic E-state index is 0.0717. The Hall–Kier alpha value is -1.64. The van der Waals surface area contributed by atoms with E-state index in [1.807, 2.05) is 13.8 Å². The summed E-state index contributed by atoms with van der Waals surface area (Å²) in [6.07, 6.45) is 4.49. The molecule has 7 nitrogen and oxygen atoms in total. The monoisotopic (exact) mass is 423 g/mol. The van der Waals surface area contributed by atoms with E-state index in [0.29, 0.717) is 45.0 Å². The summed E-state index contributed by atoms with van der Waals surface area (Å²) in [5.41, 5.74) is 1.20. The number of nitrogens with zero attached hydrogens (tertiary/aromatic N) is 2. The number of anilines is 1. The molecule has 2 aliphatic heterocycles. The number of hydrogen-bond acceptors (Lipinski definition) is 5. The fourth-order valence-electron chi connectivity index (χ4n) is 3.95. The third kappa shape index (κ3) is 5.10. The second-order valence-corrected chi connectivity index (χ2v) is 9.67. The molecule has 0 aliphatic carbocycles. The van der Waals surface area contributed by atoms with E-state index in [-0.39, 0.29) is 16.8 Å². The van der Waals surface area contributed by atoms with Gasteiger partial charge in [0.1, 0.15) is 0 Å². The van der Waals surface area contributed by atoms with Crippen LogP contribution < -0.4 is 10.2 Å². The van der Waals surface area contributed by atoms with Crippen LogP contribution in [0.1, 0.15) is 56.3 Å². The van der Waals surface area contributed by atoms with Crippen molar-refractivity contribution in [1.82, 2.24) is 9.62 Å². The highest BCUT2D eigenvalue weighted by Crippen LogP contribution is 2.28. The molecule has 0 radical (unpaired) electrons. The maximum absolute atomic E-state index is 13.1. The zero-order valence-corrected chi connectivity index (χ0v) is 18.3. The Morgan fingerprint density at radius 1 is 1.07 bits per heavy atom. The summed E-state index contributed by atoms with van der Waals surface area (Å²) in [6.45, 7) is 7.73. The van der Waals surface area contributed by atoms with E-state index in [0.717, 1.165) is 37.8 Å². The number of sulfonamides is 1. The van der Waals surface area contributed by atoms with Crippen molar-refractivity contribution in [3.8, 4) is 0 Å². The maximum Gasteiger partial charge on any atom is 0.253 e. The van der Waals surface area contributed by atoms with Crippen molar-refractivity contribution in [2.24, 2.45) is 0 Å². The highest BCUT2D eigenvalue weighted by molar-refractivity contribution is 7.89. The van der Waals surface area contributed by atoms with Crippen LogP contribution in [0.3, 0.4) is 0 Å². The van der Waals surface area contributed by atoms with Gasteiger partial charge in [-0.1, -0.05) is 20.3 Å². The molecule has 2 saturated heterocycles. The van der Waals surface area contributed by atoms with Crippen molar-refractivity contribution >= 4 is 21.6 Å². The van der Waals surface area contributed by atoms with Crippen LogP contribution in [0.25, 0.3) is 0 Å². The maximum atomic E-state index is 13.1. The summed E-state index contributed by atoms with van der Waals surface area (Å²) in [5, 5.41) is 3.07. The summed E-state index contributed by atoms with van der Waals surface area (Å²) < 4.78 is 33.3.